The van der Waals surface area contributed by atoms with Gasteiger partial charge in [-0.2, -0.15) is 13.2 Å². The van der Waals surface area contributed by atoms with Crippen LogP contribution in [0, 0.1) is 5.92 Å². The second-order valence-electron chi connectivity index (χ2n) is 4.33. The largest absolute Gasteiger partial charge is 0.391 e. The van der Waals surface area contributed by atoms with Gasteiger partial charge in [-0.25, -0.2) is 9.97 Å². The molecule has 0 aliphatic carbocycles. The fourth-order valence-electron chi connectivity index (χ4n) is 1.99. The van der Waals surface area contributed by atoms with Gasteiger partial charge in [0.15, 0.2) is 0 Å². The van der Waals surface area contributed by atoms with Gasteiger partial charge in [-0.3, -0.25) is 0 Å². The Labute approximate surface area is 112 Å². The first-order chi connectivity index (χ1) is 8.50. The molecule has 1 fully saturated rings. The maximum absolute atomic E-state index is 12.5. The van der Waals surface area contributed by atoms with Crippen molar-refractivity contribution in [3.05, 3.63) is 18.0 Å². The van der Waals surface area contributed by atoms with E-state index in [0.717, 1.165) is 5.56 Å². The summed E-state index contributed by atoms with van der Waals surface area (Å²) < 4.78 is 37.5. The van der Waals surface area contributed by atoms with E-state index in [9.17, 15) is 13.2 Å². The molecule has 0 amide bonds. The number of anilines is 1. The van der Waals surface area contributed by atoms with Gasteiger partial charge >= 0.3 is 6.18 Å². The molecule has 0 N–H and O–H groups in total. The molecule has 100 valence electrons. The summed E-state index contributed by atoms with van der Waals surface area (Å²) in [5, 5.41) is 0.670. The van der Waals surface area contributed by atoms with E-state index in [1.165, 1.54) is 0 Å². The van der Waals surface area contributed by atoms with E-state index in [4.69, 9.17) is 0 Å². The van der Waals surface area contributed by atoms with Crippen LogP contribution in [-0.4, -0.2) is 29.2 Å². The topological polar surface area (TPSA) is 29.0 Å². The van der Waals surface area contributed by atoms with E-state index in [0.29, 0.717) is 24.4 Å². The van der Waals surface area contributed by atoms with Crippen LogP contribution in [0.2, 0.25) is 0 Å². The van der Waals surface area contributed by atoms with E-state index in [1.807, 2.05) is 0 Å². The molecule has 18 heavy (non-hydrogen) atoms. The number of rotatable bonds is 2. The predicted octanol–water partition coefficient (Wildman–Crippen LogP) is 3.15. The van der Waals surface area contributed by atoms with Crippen LogP contribution >= 0.6 is 15.9 Å². The standard InChI is InChI=1S/C11H13BrF3N3/c12-5-8-6-16-10(17-7-8)18-3-1-9(2-4-18)11(13,14)15/h6-7,9H,1-5H2. The monoisotopic (exact) mass is 323 g/mol. The smallest absolute Gasteiger partial charge is 0.341 e. The van der Waals surface area contributed by atoms with Gasteiger partial charge < -0.3 is 4.90 Å². The van der Waals surface area contributed by atoms with Gasteiger partial charge in [-0.15, -0.1) is 0 Å². The van der Waals surface area contributed by atoms with E-state index >= 15 is 0 Å². The van der Waals surface area contributed by atoms with Crippen molar-refractivity contribution in [2.24, 2.45) is 5.92 Å². The average molecular weight is 324 g/mol. The first kappa shape index (κ1) is 13.6. The number of nitrogens with zero attached hydrogens (tertiary/aromatic N) is 3. The third-order valence-electron chi connectivity index (χ3n) is 3.09. The fourth-order valence-corrected chi connectivity index (χ4v) is 2.28. The molecule has 0 bridgehead atoms. The Hall–Kier alpha value is -0.850. The van der Waals surface area contributed by atoms with Crippen LogP contribution < -0.4 is 4.90 Å². The number of aromatic nitrogens is 2. The van der Waals surface area contributed by atoms with Crippen LogP contribution in [-0.2, 0) is 5.33 Å². The highest BCUT2D eigenvalue weighted by Gasteiger charge is 2.41. The van der Waals surface area contributed by atoms with Gasteiger partial charge in [0.05, 0.1) is 5.92 Å². The molecule has 1 aliphatic heterocycles. The van der Waals surface area contributed by atoms with Gasteiger partial charge in [-0.1, -0.05) is 15.9 Å². The third-order valence-corrected chi connectivity index (χ3v) is 3.73. The normalized spacial score (nSPS) is 18.1. The van der Waals surface area contributed by atoms with E-state index in [1.54, 1.807) is 17.3 Å². The van der Waals surface area contributed by atoms with E-state index in [2.05, 4.69) is 25.9 Å². The lowest BCUT2D eigenvalue weighted by molar-refractivity contribution is -0.179. The molecular formula is C11H13BrF3N3. The van der Waals surface area contributed by atoms with Gasteiger partial charge in [0, 0.05) is 30.8 Å². The molecule has 1 aromatic heterocycles. The zero-order chi connectivity index (χ0) is 13.2. The summed E-state index contributed by atoms with van der Waals surface area (Å²) in [6.07, 6.45) is -0.466. The highest BCUT2D eigenvalue weighted by Crippen LogP contribution is 2.34. The average Bonchev–Trinajstić information content (AvgIpc) is 2.38. The second kappa shape index (κ2) is 5.42. The summed E-state index contributed by atoms with van der Waals surface area (Å²) in [5.74, 6) is -0.670. The van der Waals surface area contributed by atoms with Crippen molar-refractivity contribution in [1.29, 1.82) is 0 Å². The fraction of sp³-hybridized carbons (Fsp3) is 0.636. The molecule has 2 rings (SSSR count). The molecule has 1 aromatic rings. The van der Waals surface area contributed by atoms with E-state index in [-0.39, 0.29) is 12.8 Å². The van der Waals surface area contributed by atoms with Crippen LogP contribution in [0.4, 0.5) is 19.1 Å². The summed E-state index contributed by atoms with van der Waals surface area (Å²) in [7, 11) is 0. The molecule has 1 saturated heterocycles. The summed E-state index contributed by atoms with van der Waals surface area (Å²) in [5.41, 5.74) is 0.948. The first-order valence-corrected chi connectivity index (χ1v) is 6.81. The Bertz CT molecular complexity index is 386. The maximum Gasteiger partial charge on any atom is 0.391 e. The van der Waals surface area contributed by atoms with Crippen molar-refractivity contribution in [2.75, 3.05) is 18.0 Å². The molecule has 0 unspecified atom stereocenters. The minimum atomic E-state index is -4.08. The molecule has 7 heteroatoms. The summed E-state index contributed by atoms with van der Waals surface area (Å²) in [6.45, 7) is 0.718. The Morgan fingerprint density at radius 3 is 2.22 bits per heavy atom. The Kier molecular flexibility index (Phi) is 4.09. The molecule has 3 nitrogen and oxygen atoms in total. The van der Waals surface area contributed by atoms with Crippen molar-refractivity contribution in [1.82, 2.24) is 9.97 Å². The predicted molar refractivity (Wildman–Crippen MR) is 65.7 cm³/mol. The number of hydrogen-bond donors (Lipinski definition) is 0. The number of halogens is 4. The van der Waals surface area contributed by atoms with Crippen molar-refractivity contribution >= 4 is 21.9 Å². The second-order valence-corrected chi connectivity index (χ2v) is 4.89. The molecule has 2 heterocycles. The van der Waals surface area contributed by atoms with Crippen molar-refractivity contribution < 1.29 is 13.2 Å². The van der Waals surface area contributed by atoms with Crippen LogP contribution in [0.1, 0.15) is 18.4 Å². The Morgan fingerprint density at radius 2 is 1.78 bits per heavy atom. The molecule has 0 saturated carbocycles. The first-order valence-electron chi connectivity index (χ1n) is 5.69. The zero-order valence-corrected chi connectivity index (χ0v) is 11.2. The van der Waals surface area contributed by atoms with Gasteiger partial charge in [0.25, 0.3) is 0 Å². The number of piperidine rings is 1. The Morgan fingerprint density at radius 1 is 1.22 bits per heavy atom. The van der Waals surface area contributed by atoms with Crippen LogP contribution in [0.5, 0.6) is 0 Å². The zero-order valence-electron chi connectivity index (χ0n) is 9.62. The molecule has 0 radical (unpaired) electrons. The highest BCUT2D eigenvalue weighted by atomic mass is 79.9. The number of hydrogen-bond acceptors (Lipinski definition) is 3. The minimum absolute atomic E-state index is 0.118. The summed E-state index contributed by atoms with van der Waals surface area (Å²) in [6, 6.07) is 0. The van der Waals surface area contributed by atoms with Gasteiger partial charge in [0.2, 0.25) is 5.95 Å². The SMILES string of the molecule is FC(F)(F)C1CCN(c2ncc(CBr)cn2)CC1. The minimum Gasteiger partial charge on any atom is -0.341 e. The lowest BCUT2D eigenvalue weighted by Crippen LogP contribution is -2.39. The van der Waals surface area contributed by atoms with Gasteiger partial charge in [0.1, 0.15) is 0 Å². The number of alkyl halides is 4. The van der Waals surface area contributed by atoms with Crippen molar-refractivity contribution in [3.63, 3.8) is 0 Å². The third kappa shape index (κ3) is 3.13. The molecule has 0 atom stereocenters. The molecular weight excluding hydrogens is 311 g/mol. The molecule has 1 aliphatic rings. The van der Waals surface area contributed by atoms with Crippen LogP contribution in [0.25, 0.3) is 0 Å². The van der Waals surface area contributed by atoms with Crippen LogP contribution in [0.3, 0.4) is 0 Å². The maximum atomic E-state index is 12.5. The van der Waals surface area contributed by atoms with Crippen LogP contribution in [0.15, 0.2) is 12.4 Å². The molecule has 0 aromatic carbocycles. The van der Waals surface area contributed by atoms with E-state index < -0.39 is 12.1 Å². The molecule has 0 spiro atoms. The van der Waals surface area contributed by atoms with Crippen molar-refractivity contribution in [2.45, 2.75) is 24.3 Å². The lowest BCUT2D eigenvalue weighted by Gasteiger charge is -2.32. The van der Waals surface area contributed by atoms with Gasteiger partial charge in [-0.05, 0) is 18.4 Å². The highest BCUT2D eigenvalue weighted by molar-refractivity contribution is 9.08. The summed E-state index contributed by atoms with van der Waals surface area (Å²) in [4.78, 5) is 10.1. The van der Waals surface area contributed by atoms with Crippen molar-refractivity contribution in [3.8, 4) is 0 Å². The lowest BCUT2D eigenvalue weighted by atomic mass is 9.96. The quantitative estimate of drug-likeness (QED) is 0.783. The summed E-state index contributed by atoms with van der Waals surface area (Å²) >= 11 is 3.29. The Balaban J connectivity index is 1.96.